The molecule has 1 aromatic heterocycles. The van der Waals surface area contributed by atoms with Gasteiger partial charge >= 0.3 is 0 Å². The Morgan fingerprint density at radius 3 is 2.77 bits per heavy atom. The summed E-state index contributed by atoms with van der Waals surface area (Å²) < 4.78 is 11.9. The van der Waals surface area contributed by atoms with E-state index in [0.29, 0.717) is 6.04 Å². The van der Waals surface area contributed by atoms with Gasteiger partial charge in [0.25, 0.3) is 12.4 Å². The molecule has 1 aromatic rings. The van der Waals surface area contributed by atoms with Crippen molar-refractivity contribution in [3.8, 4) is 0 Å². The Balaban J connectivity index is 0.000000806. The lowest BCUT2D eigenvalue weighted by Gasteiger charge is -2.43. The minimum absolute atomic E-state index is 0.116. The first kappa shape index (κ1) is 23.2. The number of carbonyl (C=O) groups is 2. The standard InChI is InChI=1S/C21H32N2O3S.CH2O2/c1-2-25-14-12-23-10-8-21(9-11-23)19-16(7-13-26-21)15-18(27-19)20(24)22-17-5-3-4-6-17;2-1-3/h15,17H,2-14H2,1H3,(H,22,24);1H,(H,2,3). The summed E-state index contributed by atoms with van der Waals surface area (Å²) in [4.78, 5) is 25.7. The van der Waals surface area contributed by atoms with Crippen molar-refractivity contribution < 1.29 is 24.2 Å². The summed E-state index contributed by atoms with van der Waals surface area (Å²) in [6.07, 6.45) is 7.68. The summed E-state index contributed by atoms with van der Waals surface area (Å²) in [5.74, 6) is 0.116. The Bertz CT molecular complexity index is 694. The Morgan fingerprint density at radius 1 is 1.40 bits per heavy atom. The zero-order chi connectivity index (χ0) is 21.4. The number of thiophene rings is 1. The predicted molar refractivity (Wildman–Crippen MR) is 116 cm³/mol. The van der Waals surface area contributed by atoms with E-state index in [0.717, 1.165) is 76.4 Å². The Morgan fingerprint density at radius 2 is 2.10 bits per heavy atom. The van der Waals surface area contributed by atoms with Gasteiger partial charge in [-0.15, -0.1) is 11.3 Å². The van der Waals surface area contributed by atoms with Gasteiger partial charge in [-0.05, 0) is 50.7 Å². The monoisotopic (exact) mass is 438 g/mol. The van der Waals surface area contributed by atoms with Crippen molar-refractivity contribution in [3.05, 3.63) is 21.4 Å². The van der Waals surface area contributed by atoms with E-state index < -0.39 is 0 Å². The number of piperidine rings is 1. The van der Waals surface area contributed by atoms with Gasteiger partial charge in [-0.2, -0.15) is 0 Å². The molecule has 3 heterocycles. The number of hydrogen-bond donors (Lipinski definition) is 2. The van der Waals surface area contributed by atoms with Crippen LogP contribution < -0.4 is 5.32 Å². The molecule has 2 aliphatic heterocycles. The highest BCUT2D eigenvalue weighted by Crippen LogP contribution is 2.45. The first-order valence-electron chi connectivity index (χ1n) is 11.1. The van der Waals surface area contributed by atoms with Crippen LogP contribution in [0.15, 0.2) is 6.07 Å². The van der Waals surface area contributed by atoms with Crippen LogP contribution in [0.3, 0.4) is 0 Å². The van der Waals surface area contributed by atoms with Crippen molar-refractivity contribution in [1.82, 2.24) is 10.2 Å². The van der Waals surface area contributed by atoms with E-state index in [1.807, 2.05) is 6.92 Å². The van der Waals surface area contributed by atoms with Crippen LogP contribution in [0, 0.1) is 0 Å². The van der Waals surface area contributed by atoms with E-state index in [-0.39, 0.29) is 18.0 Å². The largest absolute Gasteiger partial charge is 0.483 e. The molecule has 0 radical (unpaired) electrons. The fourth-order valence-corrected chi connectivity index (χ4v) is 6.02. The fourth-order valence-electron chi connectivity index (χ4n) is 4.71. The molecular formula is C22H34N2O5S. The van der Waals surface area contributed by atoms with Gasteiger partial charge in [-0.3, -0.25) is 9.59 Å². The summed E-state index contributed by atoms with van der Waals surface area (Å²) in [5, 5.41) is 10.1. The van der Waals surface area contributed by atoms with E-state index >= 15 is 0 Å². The van der Waals surface area contributed by atoms with E-state index in [4.69, 9.17) is 19.4 Å². The van der Waals surface area contributed by atoms with Gasteiger partial charge < -0.3 is 24.8 Å². The topological polar surface area (TPSA) is 88.1 Å². The highest BCUT2D eigenvalue weighted by Gasteiger charge is 2.42. The number of nitrogens with zero attached hydrogens (tertiary/aromatic N) is 1. The molecule has 1 saturated carbocycles. The summed E-state index contributed by atoms with van der Waals surface area (Å²) in [6.45, 7) is 7.22. The summed E-state index contributed by atoms with van der Waals surface area (Å²) in [7, 11) is 0. The quantitative estimate of drug-likeness (QED) is 0.524. The number of hydrogen-bond acceptors (Lipinski definition) is 6. The number of amides is 1. The maximum Gasteiger partial charge on any atom is 0.290 e. The van der Waals surface area contributed by atoms with E-state index in [2.05, 4.69) is 16.3 Å². The SMILES string of the molecule is CCOCCN1CCC2(CC1)OCCc1cc(C(=O)NC3CCCC3)sc12.O=CO. The lowest BCUT2D eigenvalue weighted by Crippen LogP contribution is -2.46. The molecule has 0 aromatic carbocycles. The highest BCUT2D eigenvalue weighted by molar-refractivity contribution is 7.14. The van der Waals surface area contributed by atoms with Crippen LogP contribution in [0.2, 0.25) is 0 Å². The highest BCUT2D eigenvalue weighted by atomic mass is 32.1. The number of rotatable bonds is 6. The van der Waals surface area contributed by atoms with Crippen LogP contribution in [-0.2, 0) is 26.3 Å². The maximum absolute atomic E-state index is 12.7. The molecule has 1 saturated heterocycles. The molecule has 4 rings (SSSR count). The van der Waals surface area contributed by atoms with Crippen molar-refractivity contribution in [3.63, 3.8) is 0 Å². The third kappa shape index (κ3) is 5.60. The first-order valence-corrected chi connectivity index (χ1v) is 11.9. The van der Waals surface area contributed by atoms with Crippen molar-refractivity contribution >= 4 is 23.7 Å². The number of fused-ring (bicyclic) bond motifs is 2. The van der Waals surface area contributed by atoms with Crippen molar-refractivity contribution in [1.29, 1.82) is 0 Å². The number of likely N-dealkylation sites (tertiary alicyclic amines) is 1. The summed E-state index contributed by atoms with van der Waals surface area (Å²) in [6, 6.07) is 2.51. The summed E-state index contributed by atoms with van der Waals surface area (Å²) in [5.41, 5.74) is 1.16. The Labute approximate surface area is 182 Å². The van der Waals surface area contributed by atoms with Crippen LogP contribution >= 0.6 is 11.3 Å². The molecule has 8 heteroatoms. The molecule has 7 nitrogen and oxygen atoms in total. The molecule has 0 atom stereocenters. The fraction of sp³-hybridized carbons (Fsp3) is 0.727. The van der Waals surface area contributed by atoms with Gasteiger partial charge in [-0.25, -0.2) is 0 Å². The lowest BCUT2D eigenvalue weighted by molar-refractivity contribution is -0.122. The number of carbonyl (C=O) groups excluding carboxylic acids is 1. The van der Waals surface area contributed by atoms with Gasteiger partial charge in [-0.1, -0.05) is 12.8 Å². The van der Waals surface area contributed by atoms with E-state index in [9.17, 15) is 4.79 Å². The van der Waals surface area contributed by atoms with Crippen LogP contribution in [0.25, 0.3) is 0 Å². The molecule has 2 fully saturated rings. The summed E-state index contributed by atoms with van der Waals surface area (Å²) >= 11 is 1.67. The zero-order valence-electron chi connectivity index (χ0n) is 17.9. The van der Waals surface area contributed by atoms with Gasteiger partial charge in [0.1, 0.15) is 5.60 Å². The lowest BCUT2D eigenvalue weighted by atomic mass is 9.85. The normalized spacial score (nSPS) is 21.0. The number of ether oxygens (including phenoxy) is 2. The van der Waals surface area contributed by atoms with E-state index in [1.54, 1.807) is 11.3 Å². The molecular weight excluding hydrogens is 404 g/mol. The minimum Gasteiger partial charge on any atom is -0.483 e. The van der Waals surface area contributed by atoms with Crippen LogP contribution in [-0.4, -0.2) is 67.9 Å². The average molecular weight is 439 g/mol. The second-order valence-corrected chi connectivity index (χ2v) is 9.21. The molecule has 1 amide bonds. The average Bonchev–Trinajstić information content (AvgIpc) is 3.41. The van der Waals surface area contributed by atoms with Gasteiger partial charge in [0.15, 0.2) is 0 Å². The Kier molecular flexibility index (Phi) is 8.68. The third-order valence-electron chi connectivity index (χ3n) is 6.31. The van der Waals surface area contributed by atoms with Crippen molar-refractivity contribution in [2.75, 3.05) is 39.5 Å². The van der Waals surface area contributed by atoms with Crippen LogP contribution in [0.1, 0.15) is 65.6 Å². The molecule has 0 bridgehead atoms. The predicted octanol–water partition coefficient (Wildman–Crippen LogP) is 3.02. The molecule has 30 heavy (non-hydrogen) atoms. The smallest absolute Gasteiger partial charge is 0.290 e. The van der Waals surface area contributed by atoms with Gasteiger partial charge in [0.2, 0.25) is 0 Å². The maximum atomic E-state index is 12.7. The Hall–Kier alpha value is -1.48. The van der Waals surface area contributed by atoms with Crippen molar-refractivity contribution in [2.45, 2.75) is 63.5 Å². The molecule has 3 aliphatic rings. The van der Waals surface area contributed by atoms with Crippen LogP contribution in [0.5, 0.6) is 0 Å². The molecule has 1 spiro atoms. The first-order chi connectivity index (χ1) is 14.6. The number of carboxylic acid groups (broad SMARTS) is 1. The minimum atomic E-state index is -0.250. The van der Waals surface area contributed by atoms with Gasteiger partial charge in [0, 0.05) is 37.2 Å². The van der Waals surface area contributed by atoms with Crippen molar-refractivity contribution in [2.24, 2.45) is 0 Å². The molecule has 0 unspecified atom stereocenters. The third-order valence-corrected chi connectivity index (χ3v) is 7.67. The van der Waals surface area contributed by atoms with Gasteiger partial charge in [0.05, 0.1) is 18.1 Å². The molecule has 1 aliphatic carbocycles. The molecule has 2 N–H and O–H groups in total. The second kappa shape index (κ2) is 11.2. The van der Waals surface area contributed by atoms with Crippen LogP contribution in [0.4, 0.5) is 0 Å². The number of nitrogens with one attached hydrogen (secondary N) is 1. The molecule has 168 valence electrons. The zero-order valence-corrected chi connectivity index (χ0v) is 18.7. The van der Waals surface area contributed by atoms with E-state index in [1.165, 1.54) is 23.3 Å². The second-order valence-electron chi connectivity index (χ2n) is 8.16.